The number of carbonyl (C=O) groups is 1. The molecule has 0 fully saturated rings. The molecule has 18 heavy (non-hydrogen) atoms. The normalized spacial score (nSPS) is 10.3. The molecule has 2 aromatic rings. The van der Waals surface area contributed by atoms with Gasteiger partial charge in [-0.1, -0.05) is 18.2 Å². The zero-order chi connectivity index (χ0) is 13.0. The molecule has 0 aliphatic rings. The van der Waals surface area contributed by atoms with Gasteiger partial charge in [-0.25, -0.2) is 4.39 Å². The summed E-state index contributed by atoms with van der Waals surface area (Å²) in [4.78, 5) is 11.6. The first kappa shape index (κ1) is 12.8. The highest BCUT2D eigenvalue weighted by molar-refractivity contribution is 9.10. The lowest BCUT2D eigenvalue weighted by atomic mass is 10.2. The van der Waals surface area contributed by atoms with Gasteiger partial charge >= 0.3 is 0 Å². The lowest BCUT2D eigenvalue weighted by Crippen LogP contribution is -2.27. The van der Waals surface area contributed by atoms with Crippen LogP contribution < -0.4 is 5.32 Å². The number of hydrogen-bond acceptors (Lipinski definition) is 2. The number of rotatable bonds is 4. The summed E-state index contributed by atoms with van der Waals surface area (Å²) < 4.78 is 15.6. The number of nitrogens with zero attached hydrogens (tertiary/aromatic N) is 2. The lowest BCUT2D eigenvalue weighted by molar-refractivity contribution is -0.122. The number of aromatic nitrogens is 2. The van der Waals surface area contributed by atoms with Crippen LogP contribution in [0.3, 0.4) is 0 Å². The second-order valence-electron chi connectivity index (χ2n) is 3.72. The van der Waals surface area contributed by atoms with Gasteiger partial charge in [0.25, 0.3) is 0 Å². The maximum Gasteiger partial charge on any atom is 0.241 e. The molecule has 0 aliphatic heterocycles. The number of nitrogens with one attached hydrogen (secondary N) is 1. The maximum atomic E-state index is 13.3. The summed E-state index contributed by atoms with van der Waals surface area (Å²) >= 11 is 3.24. The molecule has 1 amide bonds. The van der Waals surface area contributed by atoms with E-state index < -0.39 is 0 Å². The molecule has 0 atom stereocenters. The van der Waals surface area contributed by atoms with Crippen LogP contribution in [0.1, 0.15) is 5.56 Å². The SMILES string of the molecule is O=C(Cn1cc(Br)cn1)NCc1ccccc1F. The summed E-state index contributed by atoms with van der Waals surface area (Å²) in [5.41, 5.74) is 0.465. The van der Waals surface area contributed by atoms with Crippen LogP contribution in [-0.4, -0.2) is 15.7 Å². The molecule has 2 rings (SSSR count). The monoisotopic (exact) mass is 311 g/mol. The van der Waals surface area contributed by atoms with Crippen LogP contribution in [0.25, 0.3) is 0 Å². The van der Waals surface area contributed by atoms with E-state index in [4.69, 9.17) is 0 Å². The van der Waals surface area contributed by atoms with Crippen molar-refractivity contribution in [3.8, 4) is 0 Å². The summed E-state index contributed by atoms with van der Waals surface area (Å²) in [6.45, 7) is 0.286. The first-order chi connectivity index (χ1) is 8.65. The molecule has 0 saturated carbocycles. The molecule has 1 aromatic carbocycles. The molecule has 0 unspecified atom stereocenters. The average molecular weight is 312 g/mol. The van der Waals surface area contributed by atoms with Crippen molar-refractivity contribution in [3.63, 3.8) is 0 Å². The summed E-state index contributed by atoms with van der Waals surface area (Å²) in [7, 11) is 0. The molecular weight excluding hydrogens is 301 g/mol. The van der Waals surface area contributed by atoms with Gasteiger partial charge in [0.2, 0.25) is 5.91 Å². The van der Waals surface area contributed by atoms with E-state index in [0.29, 0.717) is 5.56 Å². The molecule has 0 bridgehead atoms. The minimum absolute atomic E-state index is 0.111. The van der Waals surface area contributed by atoms with Gasteiger partial charge in [-0.15, -0.1) is 0 Å². The Labute approximate surface area is 112 Å². The largest absolute Gasteiger partial charge is 0.350 e. The highest BCUT2D eigenvalue weighted by Crippen LogP contribution is 2.07. The third-order valence-corrected chi connectivity index (χ3v) is 2.75. The van der Waals surface area contributed by atoms with Gasteiger partial charge in [-0.2, -0.15) is 5.10 Å². The average Bonchev–Trinajstić information content (AvgIpc) is 2.74. The molecule has 0 saturated heterocycles. The van der Waals surface area contributed by atoms with Crippen LogP contribution in [0.5, 0.6) is 0 Å². The second-order valence-corrected chi connectivity index (χ2v) is 4.64. The highest BCUT2D eigenvalue weighted by Gasteiger charge is 2.05. The molecule has 0 spiro atoms. The minimum Gasteiger partial charge on any atom is -0.350 e. The first-order valence-corrected chi connectivity index (χ1v) is 6.12. The van der Waals surface area contributed by atoms with E-state index in [0.717, 1.165) is 4.47 Å². The molecule has 4 nitrogen and oxygen atoms in total. The van der Waals surface area contributed by atoms with Crippen molar-refractivity contribution in [2.24, 2.45) is 0 Å². The molecular formula is C12H11BrFN3O. The van der Waals surface area contributed by atoms with Gasteiger partial charge in [0.1, 0.15) is 12.4 Å². The Hall–Kier alpha value is -1.69. The Bertz CT molecular complexity index is 556. The molecule has 94 valence electrons. The highest BCUT2D eigenvalue weighted by atomic mass is 79.9. The van der Waals surface area contributed by atoms with E-state index in [9.17, 15) is 9.18 Å². The van der Waals surface area contributed by atoms with E-state index in [1.165, 1.54) is 10.7 Å². The van der Waals surface area contributed by atoms with Gasteiger partial charge in [-0.05, 0) is 22.0 Å². The first-order valence-electron chi connectivity index (χ1n) is 5.33. The second kappa shape index (κ2) is 5.77. The Morgan fingerprint density at radius 3 is 2.89 bits per heavy atom. The van der Waals surface area contributed by atoms with Crippen LogP contribution in [-0.2, 0) is 17.9 Å². The third kappa shape index (κ3) is 3.40. The number of halogens is 2. The van der Waals surface area contributed by atoms with Gasteiger partial charge in [-0.3, -0.25) is 9.48 Å². The molecule has 1 aromatic heterocycles. The number of benzene rings is 1. The Morgan fingerprint density at radius 1 is 1.44 bits per heavy atom. The summed E-state index contributed by atoms with van der Waals surface area (Å²) in [6, 6.07) is 6.35. The molecule has 0 radical (unpaired) electrons. The Kier molecular flexibility index (Phi) is 4.09. The van der Waals surface area contributed by atoms with E-state index in [2.05, 4.69) is 26.3 Å². The van der Waals surface area contributed by atoms with Crippen molar-refractivity contribution in [1.29, 1.82) is 0 Å². The fraction of sp³-hybridized carbons (Fsp3) is 0.167. The van der Waals surface area contributed by atoms with E-state index in [1.54, 1.807) is 30.6 Å². The Morgan fingerprint density at radius 2 is 2.22 bits per heavy atom. The topological polar surface area (TPSA) is 46.9 Å². The van der Waals surface area contributed by atoms with Crippen LogP contribution in [0, 0.1) is 5.82 Å². The van der Waals surface area contributed by atoms with Crippen LogP contribution >= 0.6 is 15.9 Å². The van der Waals surface area contributed by atoms with E-state index in [-0.39, 0.29) is 24.8 Å². The van der Waals surface area contributed by atoms with Crippen molar-refractivity contribution < 1.29 is 9.18 Å². The van der Waals surface area contributed by atoms with Gasteiger partial charge < -0.3 is 5.32 Å². The Balaban J connectivity index is 1.87. The van der Waals surface area contributed by atoms with E-state index in [1.807, 2.05) is 0 Å². The van der Waals surface area contributed by atoms with Crippen molar-refractivity contribution in [2.45, 2.75) is 13.1 Å². The summed E-state index contributed by atoms with van der Waals surface area (Å²) in [6.07, 6.45) is 3.30. The molecule has 0 aliphatic carbocycles. The van der Waals surface area contributed by atoms with Crippen molar-refractivity contribution in [1.82, 2.24) is 15.1 Å². The summed E-state index contributed by atoms with van der Waals surface area (Å²) in [5.74, 6) is -0.534. The van der Waals surface area contributed by atoms with Gasteiger partial charge in [0, 0.05) is 18.3 Å². The van der Waals surface area contributed by atoms with E-state index >= 15 is 0 Å². The van der Waals surface area contributed by atoms with Crippen molar-refractivity contribution >= 4 is 21.8 Å². The quantitative estimate of drug-likeness (QED) is 0.940. The van der Waals surface area contributed by atoms with Gasteiger partial charge in [0.15, 0.2) is 0 Å². The third-order valence-electron chi connectivity index (χ3n) is 2.34. The fourth-order valence-corrected chi connectivity index (χ4v) is 1.79. The van der Waals surface area contributed by atoms with Crippen molar-refractivity contribution in [2.75, 3.05) is 0 Å². The predicted octanol–water partition coefficient (Wildman–Crippen LogP) is 2.10. The smallest absolute Gasteiger partial charge is 0.241 e. The molecule has 1 N–H and O–H groups in total. The lowest BCUT2D eigenvalue weighted by Gasteiger charge is -2.06. The predicted molar refractivity (Wildman–Crippen MR) is 68.2 cm³/mol. The fourth-order valence-electron chi connectivity index (χ4n) is 1.46. The van der Waals surface area contributed by atoms with Gasteiger partial charge in [0.05, 0.1) is 10.7 Å². The number of hydrogen-bond donors (Lipinski definition) is 1. The zero-order valence-corrected chi connectivity index (χ0v) is 11.0. The molecule has 6 heteroatoms. The van der Waals surface area contributed by atoms with Crippen LogP contribution in [0.2, 0.25) is 0 Å². The number of carbonyl (C=O) groups excluding carboxylic acids is 1. The standard InChI is InChI=1S/C12H11BrFN3O/c13-10-6-16-17(7-10)8-12(18)15-5-9-3-1-2-4-11(9)14/h1-4,6-7H,5,8H2,(H,15,18). The van der Waals surface area contributed by atoms with Crippen LogP contribution in [0.4, 0.5) is 4.39 Å². The molecule has 1 heterocycles. The maximum absolute atomic E-state index is 13.3. The number of amides is 1. The minimum atomic E-state index is -0.320. The van der Waals surface area contributed by atoms with Crippen molar-refractivity contribution in [3.05, 3.63) is 52.5 Å². The van der Waals surface area contributed by atoms with Crippen LogP contribution in [0.15, 0.2) is 41.1 Å². The zero-order valence-electron chi connectivity index (χ0n) is 9.44. The summed E-state index contributed by atoms with van der Waals surface area (Å²) in [5, 5.41) is 6.61.